The predicted molar refractivity (Wildman–Crippen MR) is 76.6 cm³/mol. The molecule has 0 unspecified atom stereocenters. The van der Waals surface area contributed by atoms with Crippen LogP contribution in [0.25, 0.3) is 0 Å². The van der Waals surface area contributed by atoms with Crippen molar-refractivity contribution in [2.75, 3.05) is 19.6 Å². The van der Waals surface area contributed by atoms with Crippen molar-refractivity contribution in [3.63, 3.8) is 0 Å². The van der Waals surface area contributed by atoms with E-state index >= 15 is 0 Å². The third kappa shape index (κ3) is 3.34. The third-order valence-corrected chi connectivity index (χ3v) is 4.69. The Labute approximate surface area is 116 Å². The lowest BCUT2D eigenvalue weighted by molar-refractivity contribution is 0.0958. The van der Waals surface area contributed by atoms with Gasteiger partial charge in [-0.15, -0.1) is 11.3 Å². The smallest absolute Gasteiger partial charge is 0.262 e. The number of amides is 1. The van der Waals surface area contributed by atoms with Crippen molar-refractivity contribution in [2.45, 2.75) is 19.8 Å². The van der Waals surface area contributed by atoms with Crippen molar-refractivity contribution in [2.24, 2.45) is 0 Å². The molecule has 18 heavy (non-hydrogen) atoms. The van der Waals surface area contributed by atoms with Gasteiger partial charge in [0.2, 0.25) is 0 Å². The van der Waals surface area contributed by atoms with Crippen LogP contribution in [0.3, 0.4) is 0 Å². The molecule has 1 aromatic heterocycles. The first-order valence-electron chi connectivity index (χ1n) is 6.09. The van der Waals surface area contributed by atoms with Crippen molar-refractivity contribution in [1.29, 1.82) is 0 Å². The quantitative estimate of drug-likeness (QED) is 0.835. The zero-order valence-corrected chi connectivity index (χ0v) is 12.0. The molecule has 0 aromatic carbocycles. The predicted octanol–water partition coefficient (Wildman–Crippen LogP) is 2.75. The van der Waals surface area contributed by atoms with Crippen molar-refractivity contribution in [3.8, 4) is 0 Å². The molecule has 0 saturated carbocycles. The first-order valence-corrected chi connectivity index (χ1v) is 7.34. The fourth-order valence-electron chi connectivity index (χ4n) is 1.90. The van der Waals surface area contributed by atoms with Gasteiger partial charge in [0.05, 0.1) is 5.02 Å². The molecule has 1 aliphatic heterocycles. The summed E-state index contributed by atoms with van der Waals surface area (Å²) in [6, 6.07) is 0. The highest BCUT2D eigenvalue weighted by Crippen LogP contribution is 2.26. The number of aryl methyl sites for hydroxylation is 1. The monoisotopic (exact) mass is 284 g/mol. The molecular formula is C13H17ClN2OS. The Balaban J connectivity index is 1.81. The van der Waals surface area contributed by atoms with Gasteiger partial charge in [-0.3, -0.25) is 4.79 Å². The number of halogens is 1. The highest BCUT2D eigenvalue weighted by Gasteiger charge is 2.14. The number of carbonyl (C=O) groups is 1. The maximum Gasteiger partial charge on any atom is 0.262 e. The number of hydrogen-bond donors (Lipinski definition) is 2. The number of nitrogens with one attached hydrogen (secondary N) is 2. The average molecular weight is 285 g/mol. The van der Waals surface area contributed by atoms with Gasteiger partial charge >= 0.3 is 0 Å². The molecule has 2 rings (SSSR count). The van der Waals surface area contributed by atoms with Crippen LogP contribution in [0.2, 0.25) is 5.02 Å². The van der Waals surface area contributed by atoms with Crippen LogP contribution in [-0.2, 0) is 0 Å². The van der Waals surface area contributed by atoms with Gasteiger partial charge in [-0.1, -0.05) is 23.3 Å². The summed E-state index contributed by atoms with van der Waals surface area (Å²) in [6.07, 6.45) is 4.21. The summed E-state index contributed by atoms with van der Waals surface area (Å²) < 4.78 is 0. The minimum Gasteiger partial charge on any atom is -0.351 e. The van der Waals surface area contributed by atoms with Crippen molar-refractivity contribution >= 4 is 28.8 Å². The summed E-state index contributed by atoms with van der Waals surface area (Å²) in [5, 5.41) is 8.69. The third-order valence-electron chi connectivity index (χ3n) is 2.99. The summed E-state index contributed by atoms with van der Waals surface area (Å²) in [7, 11) is 0. The molecular weight excluding hydrogens is 268 g/mol. The Kier molecular flexibility index (Phi) is 4.80. The van der Waals surface area contributed by atoms with Crippen LogP contribution in [0.5, 0.6) is 0 Å². The van der Waals surface area contributed by atoms with Crippen molar-refractivity contribution < 1.29 is 4.79 Å². The molecule has 0 atom stereocenters. The van der Waals surface area contributed by atoms with E-state index in [1.165, 1.54) is 16.9 Å². The van der Waals surface area contributed by atoms with Gasteiger partial charge in [0, 0.05) is 13.1 Å². The largest absolute Gasteiger partial charge is 0.351 e. The van der Waals surface area contributed by atoms with E-state index in [0.29, 0.717) is 16.4 Å². The zero-order chi connectivity index (χ0) is 13.0. The summed E-state index contributed by atoms with van der Waals surface area (Å²) in [5.74, 6) is -0.0624. The van der Waals surface area contributed by atoms with Gasteiger partial charge in [0.15, 0.2) is 0 Å². The first-order chi connectivity index (χ1) is 8.68. The molecule has 2 N–H and O–H groups in total. The highest BCUT2D eigenvalue weighted by molar-refractivity contribution is 7.13. The molecule has 1 aliphatic rings. The molecule has 0 bridgehead atoms. The van der Waals surface area contributed by atoms with E-state index in [2.05, 4.69) is 16.7 Å². The summed E-state index contributed by atoms with van der Waals surface area (Å²) in [4.78, 5) is 12.5. The second kappa shape index (κ2) is 6.36. The molecule has 0 spiro atoms. The van der Waals surface area contributed by atoms with Crippen LogP contribution in [0, 0.1) is 6.92 Å². The molecule has 1 aromatic rings. The van der Waals surface area contributed by atoms with E-state index < -0.39 is 0 Å². The van der Waals surface area contributed by atoms with Gasteiger partial charge in [-0.05, 0) is 37.3 Å². The Bertz CT molecular complexity index is 468. The summed E-state index contributed by atoms with van der Waals surface area (Å²) >= 11 is 7.46. The molecule has 0 aliphatic carbocycles. The zero-order valence-electron chi connectivity index (χ0n) is 10.4. The van der Waals surface area contributed by atoms with E-state index in [-0.39, 0.29) is 5.91 Å². The lowest BCUT2D eigenvalue weighted by Gasteiger charge is -2.14. The van der Waals surface area contributed by atoms with E-state index in [0.717, 1.165) is 31.5 Å². The Morgan fingerprint density at radius 3 is 3.06 bits per heavy atom. The molecule has 2 heterocycles. The van der Waals surface area contributed by atoms with E-state index in [1.807, 2.05) is 12.3 Å². The van der Waals surface area contributed by atoms with Crippen LogP contribution in [0.1, 0.15) is 28.1 Å². The second-order valence-electron chi connectivity index (χ2n) is 4.38. The minimum atomic E-state index is -0.0624. The Hall–Kier alpha value is -0.840. The van der Waals surface area contributed by atoms with Crippen molar-refractivity contribution in [1.82, 2.24) is 10.6 Å². The molecule has 3 nitrogen and oxygen atoms in total. The number of carbonyl (C=O) groups excluding carboxylic acids is 1. The molecule has 5 heteroatoms. The van der Waals surface area contributed by atoms with Crippen LogP contribution in [0.4, 0.5) is 0 Å². The van der Waals surface area contributed by atoms with Crippen molar-refractivity contribution in [3.05, 3.63) is 32.5 Å². The topological polar surface area (TPSA) is 41.1 Å². The molecule has 0 saturated heterocycles. The lowest BCUT2D eigenvalue weighted by atomic mass is 10.1. The first kappa shape index (κ1) is 13.6. The van der Waals surface area contributed by atoms with Crippen LogP contribution >= 0.6 is 22.9 Å². The van der Waals surface area contributed by atoms with Gasteiger partial charge in [0.1, 0.15) is 4.88 Å². The van der Waals surface area contributed by atoms with E-state index in [9.17, 15) is 4.79 Å². The highest BCUT2D eigenvalue weighted by atomic mass is 35.5. The van der Waals surface area contributed by atoms with Gasteiger partial charge < -0.3 is 10.6 Å². The fraction of sp³-hybridized carbons (Fsp3) is 0.462. The van der Waals surface area contributed by atoms with Gasteiger partial charge in [-0.2, -0.15) is 0 Å². The van der Waals surface area contributed by atoms with E-state index in [1.54, 1.807) is 0 Å². The molecule has 0 radical (unpaired) electrons. The maximum absolute atomic E-state index is 11.9. The van der Waals surface area contributed by atoms with Crippen LogP contribution in [0.15, 0.2) is 17.0 Å². The number of rotatable bonds is 4. The number of thiophene rings is 1. The second-order valence-corrected chi connectivity index (χ2v) is 5.64. The minimum absolute atomic E-state index is 0.0624. The Morgan fingerprint density at radius 2 is 2.44 bits per heavy atom. The normalized spacial score (nSPS) is 15.3. The molecule has 1 amide bonds. The SMILES string of the molecule is Cc1csc(C(=O)NCCC2=CCNCC2)c1Cl. The summed E-state index contributed by atoms with van der Waals surface area (Å²) in [6.45, 7) is 4.57. The van der Waals surface area contributed by atoms with Gasteiger partial charge in [-0.25, -0.2) is 0 Å². The van der Waals surface area contributed by atoms with Gasteiger partial charge in [0.25, 0.3) is 5.91 Å². The molecule has 0 fully saturated rings. The van der Waals surface area contributed by atoms with E-state index in [4.69, 9.17) is 11.6 Å². The Morgan fingerprint density at radius 1 is 1.61 bits per heavy atom. The maximum atomic E-state index is 11.9. The van der Waals surface area contributed by atoms with Crippen LogP contribution in [-0.4, -0.2) is 25.5 Å². The fourth-order valence-corrected chi connectivity index (χ4v) is 3.09. The lowest BCUT2D eigenvalue weighted by Crippen LogP contribution is -2.26. The summed E-state index contributed by atoms with van der Waals surface area (Å²) in [5.41, 5.74) is 2.38. The standard InChI is InChI=1S/C13H17ClN2OS/c1-9-8-18-12(11(9)14)13(17)16-7-4-10-2-5-15-6-3-10/h2,8,15H,3-7H2,1H3,(H,16,17). The number of hydrogen-bond acceptors (Lipinski definition) is 3. The van der Waals surface area contributed by atoms with Crippen LogP contribution < -0.4 is 10.6 Å². The molecule has 98 valence electrons. The average Bonchev–Trinajstić information content (AvgIpc) is 2.71.